The van der Waals surface area contributed by atoms with E-state index in [1.807, 2.05) is 23.7 Å². The molecular weight excluding hydrogens is 558 g/mol. The molecule has 0 unspecified atom stereocenters. The van der Waals surface area contributed by atoms with E-state index in [-0.39, 0.29) is 17.2 Å². The molecule has 0 bridgehead atoms. The highest BCUT2D eigenvalue weighted by Gasteiger charge is 2.30. The van der Waals surface area contributed by atoms with E-state index in [9.17, 15) is 13.2 Å². The zero-order valence-electron chi connectivity index (χ0n) is 22.3. The van der Waals surface area contributed by atoms with Crippen molar-refractivity contribution in [1.29, 1.82) is 5.26 Å². The number of benzene rings is 3. The van der Waals surface area contributed by atoms with Gasteiger partial charge in [-0.2, -0.15) is 5.26 Å². The van der Waals surface area contributed by atoms with Crippen molar-refractivity contribution in [1.82, 2.24) is 14.5 Å². The quantitative estimate of drug-likeness (QED) is 0.184. The van der Waals surface area contributed by atoms with Gasteiger partial charge in [-0.3, -0.25) is 14.1 Å². The van der Waals surface area contributed by atoms with Gasteiger partial charge < -0.3 is 9.30 Å². The van der Waals surface area contributed by atoms with E-state index in [0.29, 0.717) is 44.3 Å². The Hall–Kier alpha value is -4.66. The van der Waals surface area contributed by atoms with Crippen molar-refractivity contribution in [2.45, 2.75) is 18.2 Å². The van der Waals surface area contributed by atoms with Crippen molar-refractivity contribution in [3.05, 3.63) is 100 Å². The minimum absolute atomic E-state index is 0.0269. The van der Waals surface area contributed by atoms with Crippen LogP contribution in [0.5, 0.6) is 0 Å². The second-order valence-electron chi connectivity index (χ2n) is 9.23. The average molecular weight is 584 g/mol. The van der Waals surface area contributed by atoms with Crippen LogP contribution in [0.1, 0.15) is 23.7 Å². The maximum absolute atomic E-state index is 14.1. The first-order valence-electron chi connectivity index (χ1n) is 12.7. The molecule has 0 aliphatic carbocycles. The zero-order valence-corrected chi connectivity index (χ0v) is 23.9. The Morgan fingerprint density at radius 1 is 1.10 bits per heavy atom. The van der Waals surface area contributed by atoms with Gasteiger partial charge in [0.2, 0.25) is 0 Å². The summed E-state index contributed by atoms with van der Waals surface area (Å²) in [5.74, 6) is -0.690. The molecule has 0 saturated heterocycles. The van der Waals surface area contributed by atoms with Crippen LogP contribution >= 0.6 is 12.2 Å². The normalized spacial score (nSPS) is 11.3. The summed E-state index contributed by atoms with van der Waals surface area (Å²) in [7, 11) is -2.44. The summed E-state index contributed by atoms with van der Waals surface area (Å²) in [5.41, 5.74) is 3.84. The fourth-order valence-electron chi connectivity index (χ4n) is 4.58. The Morgan fingerprint density at radius 2 is 1.85 bits per heavy atom. The summed E-state index contributed by atoms with van der Waals surface area (Å²) in [6.45, 7) is 1.24. The molecule has 2 aromatic heterocycles. The monoisotopic (exact) mass is 583 g/mol. The van der Waals surface area contributed by atoms with Crippen LogP contribution in [0.15, 0.2) is 83.9 Å². The fraction of sp³-hybridized carbons (Fsp3) is 0.167. The minimum atomic E-state index is -4.26. The van der Waals surface area contributed by atoms with Crippen LogP contribution in [-0.4, -0.2) is 42.1 Å². The SMILES string of the molecule is CCOC(=O)CN(c1ccc2c(c1)nc(Cc1ccc(C#N)cc1)c(=S)n2C)S(=O)(=O)c1cccc2cccnc12. The largest absolute Gasteiger partial charge is 0.465 e. The Labute approximate surface area is 242 Å². The zero-order chi connectivity index (χ0) is 29.1. The van der Waals surface area contributed by atoms with Crippen molar-refractivity contribution in [2.24, 2.45) is 7.05 Å². The van der Waals surface area contributed by atoms with E-state index in [1.54, 1.807) is 61.5 Å². The number of pyridine rings is 1. The van der Waals surface area contributed by atoms with E-state index in [2.05, 4.69) is 11.1 Å². The van der Waals surface area contributed by atoms with Gasteiger partial charge in [-0.25, -0.2) is 13.4 Å². The average Bonchev–Trinajstić information content (AvgIpc) is 2.98. The van der Waals surface area contributed by atoms with Gasteiger partial charge in [0.15, 0.2) is 0 Å². The van der Waals surface area contributed by atoms with Crippen LogP contribution < -0.4 is 4.31 Å². The lowest BCUT2D eigenvalue weighted by atomic mass is 10.1. The molecule has 0 N–H and O–H groups in total. The van der Waals surface area contributed by atoms with Crippen LogP contribution in [0.3, 0.4) is 0 Å². The number of esters is 1. The molecule has 11 heteroatoms. The Balaban J connectivity index is 1.63. The molecular formula is C30H25N5O4S2. The van der Waals surface area contributed by atoms with E-state index in [0.717, 1.165) is 9.87 Å². The number of aromatic nitrogens is 3. The van der Waals surface area contributed by atoms with Crippen molar-refractivity contribution in [2.75, 3.05) is 17.5 Å². The van der Waals surface area contributed by atoms with Crippen LogP contribution in [-0.2, 0) is 33.0 Å². The lowest BCUT2D eigenvalue weighted by Gasteiger charge is -2.24. The highest BCUT2D eigenvalue weighted by Crippen LogP contribution is 2.30. The van der Waals surface area contributed by atoms with Gasteiger partial charge in [0.05, 0.1) is 46.2 Å². The number of fused-ring (bicyclic) bond motifs is 2. The second kappa shape index (κ2) is 11.4. The van der Waals surface area contributed by atoms with Gasteiger partial charge in [-0.05, 0) is 55.0 Å². The molecule has 0 spiro atoms. The van der Waals surface area contributed by atoms with Gasteiger partial charge >= 0.3 is 5.97 Å². The van der Waals surface area contributed by atoms with Gasteiger partial charge in [0, 0.05) is 25.1 Å². The number of carbonyl (C=O) groups is 1. The van der Waals surface area contributed by atoms with Crippen molar-refractivity contribution in [3.8, 4) is 6.07 Å². The third-order valence-corrected chi connectivity index (χ3v) is 8.93. The van der Waals surface area contributed by atoms with Crippen molar-refractivity contribution < 1.29 is 17.9 Å². The summed E-state index contributed by atoms with van der Waals surface area (Å²) in [4.78, 5) is 21.7. The molecule has 5 aromatic rings. The van der Waals surface area contributed by atoms with E-state index in [1.165, 1.54) is 12.3 Å². The maximum Gasteiger partial charge on any atom is 0.326 e. The number of aryl methyl sites for hydroxylation is 1. The number of anilines is 1. The third kappa shape index (κ3) is 5.52. The summed E-state index contributed by atoms with van der Waals surface area (Å²) in [6.07, 6.45) is 1.95. The molecule has 2 heterocycles. The molecule has 0 aliphatic rings. The lowest BCUT2D eigenvalue weighted by Crippen LogP contribution is -2.36. The number of hydrogen-bond donors (Lipinski definition) is 0. The first-order valence-corrected chi connectivity index (χ1v) is 14.6. The highest BCUT2D eigenvalue weighted by molar-refractivity contribution is 7.93. The molecule has 41 heavy (non-hydrogen) atoms. The van der Waals surface area contributed by atoms with Crippen LogP contribution in [0, 0.1) is 16.0 Å². The Kier molecular flexibility index (Phi) is 7.79. The van der Waals surface area contributed by atoms with Crippen molar-refractivity contribution >= 4 is 55.8 Å². The number of rotatable bonds is 8. The molecule has 0 fully saturated rings. The van der Waals surface area contributed by atoms with Crippen molar-refractivity contribution in [3.63, 3.8) is 0 Å². The number of para-hydroxylation sites is 1. The molecule has 0 atom stereocenters. The van der Waals surface area contributed by atoms with Crippen LogP contribution in [0.4, 0.5) is 5.69 Å². The molecule has 0 saturated carbocycles. The summed E-state index contributed by atoms with van der Waals surface area (Å²) in [6, 6.07) is 22.6. The topological polar surface area (TPSA) is 118 Å². The Bertz CT molecular complexity index is 1990. The Morgan fingerprint density at radius 3 is 2.59 bits per heavy atom. The molecule has 0 radical (unpaired) electrons. The predicted octanol–water partition coefficient (Wildman–Crippen LogP) is 5.07. The van der Waals surface area contributed by atoms with E-state index >= 15 is 0 Å². The molecule has 3 aromatic carbocycles. The van der Waals surface area contributed by atoms with Gasteiger partial charge in [-0.1, -0.05) is 42.5 Å². The first-order chi connectivity index (χ1) is 19.7. The molecule has 9 nitrogen and oxygen atoms in total. The maximum atomic E-state index is 14.1. The smallest absolute Gasteiger partial charge is 0.326 e. The number of carbonyl (C=O) groups excluding carboxylic acids is 1. The lowest BCUT2D eigenvalue weighted by molar-refractivity contribution is -0.141. The second-order valence-corrected chi connectivity index (χ2v) is 11.4. The summed E-state index contributed by atoms with van der Waals surface area (Å²) >= 11 is 5.68. The number of ether oxygens (including phenoxy) is 1. The van der Waals surface area contributed by atoms with Gasteiger partial charge in [0.25, 0.3) is 10.0 Å². The van der Waals surface area contributed by atoms with Crippen LogP contribution in [0.25, 0.3) is 21.9 Å². The number of hydrogen-bond acceptors (Lipinski definition) is 8. The standard InChI is InChI=1S/C30H25N5O4S2/c1-3-39-28(36)19-35(41(37,38)27-8-4-6-22-7-5-15-32-29(22)27)23-13-14-26-24(17-23)33-25(30(40)34(26)2)16-20-9-11-21(18-31)12-10-20/h4-15,17H,3,16,19H2,1-2H3. The van der Waals surface area contributed by atoms with Gasteiger partial charge in [-0.15, -0.1) is 0 Å². The molecule has 0 aliphatic heterocycles. The first kappa shape index (κ1) is 27.9. The van der Waals surface area contributed by atoms with E-state index in [4.69, 9.17) is 27.2 Å². The molecule has 206 valence electrons. The molecule has 0 amide bonds. The molecule has 5 rings (SSSR count). The minimum Gasteiger partial charge on any atom is -0.465 e. The van der Waals surface area contributed by atoms with Gasteiger partial charge in [0.1, 0.15) is 16.1 Å². The van der Waals surface area contributed by atoms with E-state index < -0.39 is 22.5 Å². The summed E-state index contributed by atoms with van der Waals surface area (Å²) < 4.78 is 36.7. The highest BCUT2D eigenvalue weighted by atomic mass is 32.2. The number of sulfonamides is 1. The predicted molar refractivity (Wildman–Crippen MR) is 158 cm³/mol. The third-order valence-electron chi connectivity index (χ3n) is 6.61. The summed E-state index contributed by atoms with van der Waals surface area (Å²) in [5, 5.41) is 9.75. The van der Waals surface area contributed by atoms with Crippen LogP contribution in [0.2, 0.25) is 0 Å². The number of nitrogens with zero attached hydrogens (tertiary/aromatic N) is 5. The fourth-order valence-corrected chi connectivity index (χ4v) is 6.37. The number of nitriles is 1.